The normalized spacial score (nSPS) is 12.3. The maximum Gasteiger partial charge on any atom is 0.238 e. The number of methoxy groups -OCH3 is 1. The fraction of sp³-hybridized carbons (Fsp3) is 0.0455. The van der Waals surface area contributed by atoms with E-state index in [2.05, 4.69) is 4.99 Å². The number of hydrogen-bond donors (Lipinski definition) is 1. The highest BCUT2D eigenvalue weighted by atomic mass is 35.5. The van der Waals surface area contributed by atoms with Gasteiger partial charge >= 0.3 is 0 Å². The van der Waals surface area contributed by atoms with Crippen molar-refractivity contribution < 1.29 is 17.6 Å². The molecule has 0 aliphatic rings. The number of rotatable bonds is 4. The lowest BCUT2D eigenvalue weighted by atomic mass is 10.1. The van der Waals surface area contributed by atoms with Gasteiger partial charge in [-0.2, -0.15) is 0 Å². The van der Waals surface area contributed by atoms with Crippen molar-refractivity contribution in [3.05, 3.63) is 83.2 Å². The number of sulfonamides is 1. The summed E-state index contributed by atoms with van der Waals surface area (Å²) in [7, 11) is -2.19. The number of nitrogens with two attached hydrogens (primary N) is 1. The molecule has 0 radical (unpaired) electrons. The summed E-state index contributed by atoms with van der Waals surface area (Å²) in [5.74, 6) is 1.21. The van der Waals surface area contributed by atoms with Gasteiger partial charge in [0.2, 0.25) is 10.0 Å². The molecule has 0 unspecified atom stereocenters. The van der Waals surface area contributed by atoms with Crippen LogP contribution in [0.2, 0.25) is 5.02 Å². The first-order valence-corrected chi connectivity index (χ1v) is 10.8. The van der Waals surface area contributed by atoms with E-state index in [-0.39, 0.29) is 4.90 Å². The molecule has 8 heteroatoms. The standard InChI is InChI=1S/C22H17ClN2O4S/c1-28-15-8-11-21-18(12-15)20(13-22(29-21)17-4-2-3-5-19(17)23)25-14-6-9-16(10-7-14)30(24,26)27/h2-13H,1H3,(H2,24,26,27). The van der Waals surface area contributed by atoms with Crippen LogP contribution in [0.5, 0.6) is 5.75 Å². The molecule has 0 aliphatic carbocycles. The van der Waals surface area contributed by atoms with Crippen LogP contribution in [0.3, 0.4) is 0 Å². The highest BCUT2D eigenvalue weighted by Gasteiger charge is 2.11. The lowest BCUT2D eigenvalue weighted by Crippen LogP contribution is -2.11. The van der Waals surface area contributed by atoms with Gasteiger partial charge in [0, 0.05) is 17.0 Å². The minimum atomic E-state index is -3.77. The van der Waals surface area contributed by atoms with Crippen LogP contribution in [0.25, 0.3) is 22.3 Å². The van der Waals surface area contributed by atoms with Crippen LogP contribution >= 0.6 is 11.6 Å². The Morgan fingerprint density at radius 1 is 1.00 bits per heavy atom. The molecule has 2 N–H and O–H groups in total. The summed E-state index contributed by atoms with van der Waals surface area (Å²) in [5, 5.41) is 7.08. The molecule has 4 rings (SSSR count). The van der Waals surface area contributed by atoms with Crippen molar-refractivity contribution in [2.75, 3.05) is 7.11 Å². The predicted molar refractivity (Wildman–Crippen MR) is 116 cm³/mol. The Labute approximate surface area is 178 Å². The topological polar surface area (TPSA) is 94.9 Å². The number of benzene rings is 3. The second-order valence-electron chi connectivity index (χ2n) is 6.49. The van der Waals surface area contributed by atoms with Crippen LogP contribution < -0.4 is 15.2 Å². The lowest BCUT2D eigenvalue weighted by molar-refractivity contribution is 0.415. The third-order valence-corrected chi connectivity index (χ3v) is 5.76. The third kappa shape index (κ3) is 4.09. The van der Waals surface area contributed by atoms with E-state index in [1.54, 1.807) is 43.5 Å². The van der Waals surface area contributed by atoms with Crippen molar-refractivity contribution in [1.29, 1.82) is 0 Å². The van der Waals surface area contributed by atoms with Crippen LogP contribution in [-0.4, -0.2) is 15.5 Å². The van der Waals surface area contributed by atoms with E-state index in [9.17, 15) is 8.42 Å². The zero-order chi connectivity index (χ0) is 21.3. The SMILES string of the molecule is COc1ccc2oc(-c3ccccc3Cl)cc(=Nc3ccc(S(N)(=O)=O)cc3)c2c1. The molecule has 0 amide bonds. The molecule has 3 aromatic carbocycles. The van der Waals surface area contributed by atoms with E-state index >= 15 is 0 Å². The molecule has 4 aromatic rings. The van der Waals surface area contributed by atoms with Gasteiger partial charge in [0.05, 0.1) is 28.1 Å². The fourth-order valence-electron chi connectivity index (χ4n) is 3.01. The van der Waals surface area contributed by atoms with Gasteiger partial charge in [0.15, 0.2) is 0 Å². The van der Waals surface area contributed by atoms with Gasteiger partial charge in [-0.15, -0.1) is 0 Å². The summed E-state index contributed by atoms with van der Waals surface area (Å²) in [6.45, 7) is 0. The highest BCUT2D eigenvalue weighted by Crippen LogP contribution is 2.30. The Bertz CT molecular complexity index is 1410. The monoisotopic (exact) mass is 440 g/mol. The molecule has 1 aromatic heterocycles. The minimum absolute atomic E-state index is 0.0211. The Balaban J connectivity index is 1.96. The third-order valence-electron chi connectivity index (χ3n) is 4.50. The van der Waals surface area contributed by atoms with Crippen molar-refractivity contribution >= 4 is 38.3 Å². The summed E-state index contributed by atoms with van der Waals surface area (Å²) >= 11 is 6.35. The first-order chi connectivity index (χ1) is 14.3. The first-order valence-electron chi connectivity index (χ1n) is 8.89. The molecule has 1 heterocycles. The van der Waals surface area contributed by atoms with Crippen molar-refractivity contribution in [3.8, 4) is 17.1 Å². The molecule has 6 nitrogen and oxygen atoms in total. The van der Waals surface area contributed by atoms with E-state index < -0.39 is 10.0 Å². The van der Waals surface area contributed by atoms with E-state index in [4.69, 9.17) is 25.9 Å². The summed E-state index contributed by atoms with van der Waals surface area (Å²) in [5.41, 5.74) is 1.90. The van der Waals surface area contributed by atoms with Crippen LogP contribution in [-0.2, 0) is 10.0 Å². The molecule has 152 valence electrons. The average Bonchev–Trinajstić information content (AvgIpc) is 2.73. The largest absolute Gasteiger partial charge is 0.497 e. The zero-order valence-electron chi connectivity index (χ0n) is 15.9. The van der Waals surface area contributed by atoms with Gasteiger partial charge in [-0.05, 0) is 54.6 Å². The van der Waals surface area contributed by atoms with Gasteiger partial charge in [-0.25, -0.2) is 18.5 Å². The van der Waals surface area contributed by atoms with Gasteiger partial charge in [-0.3, -0.25) is 0 Å². The van der Waals surface area contributed by atoms with Crippen molar-refractivity contribution in [1.82, 2.24) is 0 Å². The van der Waals surface area contributed by atoms with E-state index in [0.29, 0.717) is 33.2 Å². The van der Waals surface area contributed by atoms with Crippen molar-refractivity contribution in [2.45, 2.75) is 4.90 Å². The Kier molecular flexibility index (Phi) is 5.34. The molecule has 0 saturated heterocycles. The fourth-order valence-corrected chi connectivity index (χ4v) is 3.76. The Hall–Kier alpha value is -3.13. The van der Waals surface area contributed by atoms with Crippen LogP contribution in [0, 0.1) is 0 Å². The first kappa shape index (κ1) is 20.2. The Morgan fingerprint density at radius 3 is 2.40 bits per heavy atom. The maximum atomic E-state index is 11.5. The lowest BCUT2D eigenvalue weighted by Gasteiger charge is -2.08. The molecule has 0 fully saturated rings. The smallest absolute Gasteiger partial charge is 0.238 e. The average molecular weight is 441 g/mol. The van der Waals surface area contributed by atoms with Crippen LogP contribution in [0.1, 0.15) is 0 Å². The number of hydrogen-bond acceptors (Lipinski definition) is 5. The molecular formula is C22H17ClN2O4S. The maximum absolute atomic E-state index is 11.5. The molecular weight excluding hydrogens is 424 g/mol. The number of nitrogens with zero attached hydrogens (tertiary/aromatic N) is 1. The molecule has 0 bridgehead atoms. The number of halogens is 1. The van der Waals surface area contributed by atoms with Crippen molar-refractivity contribution in [3.63, 3.8) is 0 Å². The highest BCUT2D eigenvalue weighted by molar-refractivity contribution is 7.89. The van der Waals surface area contributed by atoms with Gasteiger partial charge in [-0.1, -0.05) is 23.7 Å². The van der Waals surface area contributed by atoms with Gasteiger partial charge in [0.25, 0.3) is 0 Å². The molecule has 0 aliphatic heterocycles. The predicted octanol–water partition coefficient (Wildman–Crippen LogP) is 4.64. The minimum Gasteiger partial charge on any atom is -0.497 e. The summed E-state index contributed by atoms with van der Waals surface area (Å²) in [4.78, 5) is 4.71. The zero-order valence-corrected chi connectivity index (χ0v) is 17.4. The molecule has 0 spiro atoms. The van der Waals surface area contributed by atoms with Gasteiger partial charge in [0.1, 0.15) is 17.1 Å². The molecule has 0 saturated carbocycles. The van der Waals surface area contributed by atoms with E-state index in [0.717, 1.165) is 10.9 Å². The van der Waals surface area contributed by atoms with Gasteiger partial charge < -0.3 is 9.15 Å². The summed E-state index contributed by atoms with van der Waals surface area (Å²) < 4.78 is 34.4. The van der Waals surface area contributed by atoms with E-state index in [1.165, 1.54) is 12.1 Å². The summed E-state index contributed by atoms with van der Waals surface area (Å²) in [6, 6.07) is 20.6. The second kappa shape index (κ2) is 7.95. The number of primary sulfonamides is 1. The van der Waals surface area contributed by atoms with Crippen molar-refractivity contribution in [2.24, 2.45) is 10.1 Å². The van der Waals surface area contributed by atoms with E-state index in [1.807, 2.05) is 24.3 Å². The quantitative estimate of drug-likeness (QED) is 0.500. The second-order valence-corrected chi connectivity index (χ2v) is 8.46. The Morgan fingerprint density at radius 2 is 1.73 bits per heavy atom. The number of ether oxygens (including phenoxy) is 1. The molecule has 30 heavy (non-hydrogen) atoms. The van der Waals surface area contributed by atoms with Crippen LogP contribution in [0.4, 0.5) is 5.69 Å². The van der Waals surface area contributed by atoms with Crippen LogP contribution in [0.15, 0.2) is 87.1 Å². The molecule has 0 atom stereocenters. The summed E-state index contributed by atoms with van der Waals surface area (Å²) in [6.07, 6.45) is 0. The number of fused-ring (bicyclic) bond motifs is 1.